The molecule has 0 saturated heterocycles. The van der Waals surface area contributed by atoms with Crippen LogP contribution in [0, 0.1) is 0 Å². The second kappa shape index (κ2) is 4.95. The van der Waals surface area contributed by atoms with E-state index in [2.05, 4.69) is 10.6 Å². The van der Waals surface area contributed by atoms with Gasteiger partial charge in [-0.3, -0.25) is 9.59 Å². The number of carbonyl (C=O) groups excluding carboxylic acids is 2. The van der Waals surface area contributed by atoms with Gasteiger partial charge < -0.3 is 15.7 Å². The van der Waals surface area contributed by atoms with E-state index in [1.54, 1.807) is 0 Å². The van der Waals surface area contributed by atoms with E-state index in [9.17, 15) is 9.59 Å². The van der Waals surface area contributed by atoms with E-state index in [-0.39, 0.29) is 24.0 Å². The van der Waals surface area contributed by atoms with Crippen LogP contribution in [0.15, 0.2) is 0 Å². The van der Waals surface area contributed by atoms with Crippen molar-refractivity contribution in [1.29, 1.82) is 0 Å². The second-order valence-electron chi connectivity index (χ2n) is 3.62. The summed E-state index contributed by atoms with van der Waals surface area (Å²) < 4.78 is 0. The molecule has 14 heavy (non-hydrogen) atoms. The van der Waals surface area contributed by atoms with E-state index in [0.29, 0.717) is 25.8 Å². The van der Waals surface area contributed by atoms with Crippen LogP contribution in [0.4, 0.5) is 0 Å². The molecular weight excluding hydrogens is 184 g/mol. The minimum absolute atomic E-state index is 0.0735. The fourth-order valence-corrected chi connectivity index (χ4v) is 1.36. The largest absolute Gasteiger partial charge is 0.393 e. The van der Waals surface area contributed by atoms with Gasteiger partial charge in [0.15, 0.2) is 0 Å². The first kappa shape index (κ1) is 11.0. The first-order valence-corrected chi connectivity index (χ1v) is 4.80. The maximum atomic E-state index is 11.2. The summed E-state index contributed by atoms with van der Waals surface area (Å²) in [5, 5.41) is 14.3. The van der Waals surface area contributed by atoms with Gasteiger partial charge in [0.25, 0.3) is 0 Å². The summed E-state index contributed by atoms with van der Waals surface area (Å²) in [6.45, 7) is 1.79. The molecule has 80 valence electrons. The lowest BCUT2D eigenvalue weighted by atomic mass is 9.89. The number of nitrogens with one attached hydrogen (secondary N) is 2. The Morgan fingerprint density at radius 2 is 2.07 bits per heavy atom. The Balaban J connectivity index is 2.02. The fourth-order valence-electron chi connectivity index (χ4n) is 1.36. The third-order valence-corrected chi connectivity index (χ3v) is 2.20. The summed E-state index contributed by atoms with van der Waals surface area (Å²) in [7, 11) is 0. The number of carbonyl (C=O) groups is 2. The summed E-state index contributed by atoms with van der Waals surface area (Å²) in [6, 6.07) is 0.120. The van der Waals surface area contributed by atoms with Crippen molar-refractivity contribution in [2.75, 3.05) is 6.54 Å². The molecule has 3 N–H and O–H groups in total. The number of hydrogen-bond acceptors (Lipinski definition) is 3. The highest BCUT2D eigenvalue weighted by Gasteiger charge is 2.27. The summed E-state index contributed by atoms with van der Waals surface area (Å²) in [5.74, 6) is -0.201. The van der Waals surface area contributed by atoms with Crippen LogP contribution in [0.3, 0.4) is 0 Å². The van der Waals surface area contributed by atoms with E-state index in [4.69, 9.17) is 5.11 Å². The van der Waals surface area contributed by atoms with Gasteiger partial charge >= 0.3 is 0 Å². The standard InChI is InChI=1S/C9H16N2O3/c1-6(12)10-3-2-9(14)11-7-4-8(13)5-7/h7-8,13H,2-5H2,1H3,(H,10,12)(H,11,14). The van der Waals surface area contributed by atoms with Crippen LogP contribution in [-0.2, 0) is 9.59 Å². The average molecular weight is 200 g/mol. The van der Waals surface area contributed by atoms with E-state index in [1.165, 1.54) is 6.92 Å². The molecule has 0 aliphatic heterocycles. The van der Waals surface area contributed by atoms with Gasteiger partial charge in [0.2, 0.25) is 11.8 Å². The van der Waals surface area contributed by atoms with Crippen LogP contribution in [0.25, 0.3) is 0 Å². The molecule has 1 aliphatic carbocycles. The van der Waals surface area contributed by atoms with Gasteiger partial charge in [0.05, 0.1) is 6.10 Å². The molecule has 0 unspecified atom stereocenters. The highest BCUT2D eigenvalue weighted by Crippen LogP contribution is 2.19. The van der Waals surface area contributed by atoms with Crippen molar-refractivity contribution < 1.29 is 14.7 Å². The molecule has 1 fully saturated rings. The molecule has 1 saturated carbocycles. The second-order valence-corrected chi connectivity index (χ2v) is 3.62. The normalized spacial score (nSPS) is 25.0. The van der Waals surface area contributed by atoms with Crippen LogP contribution in [0.2, 0.25) is 0 Å². The van der Waals surface area contributed by atoms with Crippen molar-refractivity contribution in [2.45, 2.75) is 38.3 Å². The molecule has 0 atom stereocenters. The first-order chi connectivity index (χ1) is 6.58. The van der Waals surface area contributed by atoms with Crippen LogP contribution in [0.5, 0.6) is 0 Å². The lowest BCUT2D eigenvalue weighted by Crippen LogP contribution is -2.47. The Kier molecular flexibility index (Phi) is 3.88. The highest BCUT2D eigenvalue weighted by molar-refractivity contribution is 5.78. The predicted octanol–water partition coefficient (Wildman–Crippen LogP) is -0.848. The van der Waals surface area contributed by atoms with Crippen molar-refractivity contribution in [3.05, 3.63) is 0 Å². The number of aliphatic hydroxyl groups excluding tert-OH is 1. The molecule has 0 spiro atoms. The van der Waals surface area contributed by atoms with Gasteiger partial charge in [-0.2, -0.15) is 0 Å². The molecule has 0 aromatic rings. The smallest absolute Gasteiger partial charge is 0.221 e. The maximum absolute atomic E-state index is 11.2. The molecule has 2 amide bonds. The Morgan fingerprint density at radius 1 is 1.43 bits per heavy atom. The van der Waals surface area contributed by atoms with Crippen molar-refractivity contribution in [2.24, 2.45) is 0 Å². The maximum Gasteiger partial charge on any atom is 0.221 e. The molecule has 5 heteroatoms. The molecule has 0 radical (unpaired) electrons. The van der Waals surface area contributed by atoms with Crippen molar-refractivity contribution in [3.63, 3.8) is 0 Å². The zero-order valence-electron chi connectivity index (χ0n) is 8.25. The molecular formula is C9H16N2O3. The van der Waals surface area contributed by atoms with Crippen molar-refractivity contribution in [3.8, 4) is 0 Å². The molecule has 0 aromatic carbocycles. The van der Waals surface area contributed by atoms with E-state index < -0.39 is 0 Å². The predicted molar refractivity (Wildman–Crippen MR) is 50.5 cm³/mol. The molecule has 0 heterocycles. The SMILES string of the molecule is CC(=O)NCCC(=O)NC1CC(O)C1. The zero-order chi connectivity index (χ0) is 10.6. The van der Waals surface area contributed by atoms with Gasteiger partial charge in [0, 0.05) is 25.9 Å². The molecule has 1 aliphatic rings. The number of amides is 2. The molecule has 5 nitrogen and oxygen atoms in total. The van der Waals surface area contributed by atoms with Gasteiger partial charge in [-0.15, -0.1) is 0 Å². The quantitative estimate of drug-likeness (QED) is 0.553. The third-order valence-electron chi connectivity index (χ3n) is 2.20. The van der Waals surface area contributed by atoms with Gasteiger partial charge in [-0.25, -0.2) is 0 Å². The van der Waals surface area contributed by atoms with Crippen LogP contribution in [0.1, 0.15) is 26.2 Å². The van der Waals surface area contributed by atoms with Crippen molar-refractivity contribution in [1.82, 2.24) is 10.6 Å². The average Bonchev–Trinajstić information content (AvgIpc) is 2.00. The first-order valence-electron chi connectivity index (χ1n) is 4.80. The van der Waals surface area contributed by atoms with Gasteiger partial charge in [-0.1, -0.05) is 0 Å². The van der Waals surface area contributed by atoms with Crippen LogP contribution in [-0.4, -0.2) is 35.6 Å². The van der Waals surface area contributed by atoms with Gasteiger partial charge in [-0.05, 0) is 12.8 Å². The molecule has 1 rings (SSSR count). The Bertz CT molecular complexity index is 224. The van der Waals surface area contributed by atoms with Crippen LogP contribution < -0.4 is 10.6 Å². The molecule has 0 aromatic heterocycles. The van der Waals surface area contributed by atoms with E-state index >= 15 is 0 Å². The minimum atomic E-state index is -0.254. The number of aliphatic hydroxyl groups is 1. The Hall–Kier alpha value is -1.10. The minimum Gasteiger partial charge on any atom is -0.393 e. The monoisotopic (exact) mass is 200 g/mol. The van der Waals surface area contributed by atoms with Crippen LogP contribution >= 0.6 is 0 Å². The van der Waals surface area contributed by atoms with E-state index in [1.807, 2.05) is 0 Å². The highest BCUT2D eigenvalue weighted by atomic mass is 16.3. The lowest BCUT2D eigenvalue weighted by molar-refractivity contribution is -0.123. The Labute approximate surface area is 82.9 Å². The lowest BCUT2D eigenvalue weighted by Gasteiger charge is -2.31. The Morgan fingerprint density at radius 3 is 2.57 bits per heavy atom. The summed E-state index contributed by atoms with van der Waals surface area (Å²) in [6.07, 6.45) is 1.33. The zero-order valence-corrected chi connectivity index (χ0v) is 8.25. The topological polar surface area (TPSA) is 78.4 Å². The summed E-state index contributed by atoms with van der Waals surface area (Å²) >= 11 is 0. The summed E-state index contributed by atoms with van der Waals surface area (Å²) in [4.78, 5) is 21.7. The number of hydrogen-bond donors (Lipinski definition) is 3. The molecule has 0 bridgehead atoms. The van der Waals surface area contributed by atoms with Gasteiger partial charge in [0.1, 0.15) is 0 Å². The summed E-state index contributed by atoms with van der Waals surface area (Å²) in [5.41, 5.74) is 0. The number of rotatable bonds is 4. The van der Waals surface area contributed by atoms with Crippen molar-refractivity contribution >= 4 is 11.8 Å². The fraction of sp³-hybridized carbons (Fsp3) is 0.778. The van der Waals surface area contributed by atoms with E-state index in [0.717, 1.165) is 0 Å². The third kappa shape index (κ3) is 3.74.